The maximum atomic E-state index is 10.6. The van der Waals surface area contributed by atoms with Crippen LogP contribution < -0.4 is 0 Å². The molecule has 1 aliphatic heterocycles. The number of rotatable bonds is 0. The van der Waals surface area contributed by atoms with Crippen molar-refractivity contribution in [1.82, 2.24) is 0 Å². The van der Waals surface area contributed by atoms with Crippen LogP contribution in [-0.4, -0.2) is 17.3 Å². The van der Waals surface area contributed by atoms with E-state index >= 15 is 0 Å². The van der Waals surface area contributed by atoms with E-state index in [4.69, 9.17) is 0 Å². The molecule has 0 radical (unpaired) electrons. The highest BCUT2D eigenvalue weighted by molar-refractivity contribution is 8.00. The van der Waals surface area contributed by atoms with Gasteiger partial charge < -0.3 is 0 Å². The molecule has 1 atom stereocenters. The van der Waals surface area contributed by atoms with Crippen molar-refractivity contribution < 1.29 is 4.79 Å². The third-order valence-corrected chi connectivity index (χ3v) is 2.39. The molecule has 40 valence electrons. The standard InChI is InChI=1S/C5H8OS/c1-4-2-7-3-5(4)6/h4H,2-3H2,1H3. The summed E-state index contributed by atoms with van der Waals surface area (Å²) >= 11 is 1.74. The van der Waals surface area contributed by atoms with Crippen molar-refractivity contribution in [3.63, 3.8) is 0 Å². The Hall–Kier alpha value is 0.0200. The van der Waals surface area contributed by atoms with Gasteiger partial charge in [0.05, 0.1) is 5.75 Å². The number of Topliss-reactive ketones (excluding diaryl/α,β-unsaturated/α-hetero) is 1. The average Bonchev–Trinajstić information content (AvgIpc) is 1.91. The number of carbonyl (C=O) groups is 1. The Morgan fingerprint density at radius 2 is 2.57 bits per heavy atom. The first-order valence-electron chi connectivity index (χ1n) is 2.41. The van der Waals surface area contributed by atoms with Crippen LogP contribution in [0, 0.1) is 5.92 Å². The van der Waals surface area contributed by atoms with E-state index in [2.05, 4.69) is 0 Å². The molecule has 1 nitrogen and oxygen atoms in total. The highest BCUT2D eigenvalue weighted by Gasteiger charge is 2.18. The van der Waals surface area contributed by atoms with Crippen molar-refractivity contribution in [3.05, 3.63) is 0 Å². The van der Waals surface area contributed by atoms with Gasteiger partial charge in [0.2, 0.25) is 0 Å². The molecule has 0 saturated carbocycles. The molecule has 0 bridgehead atoms. The van der Waals surface area contributed by atoms with Crippen LogP contribution in [0.25, 0.3) is 0 Å². The molecule has 2 heteroatoms. The zero-order valence-electron chi connectivity index (χ0n) is 4.31. The van der Waals surface area contributed by atoms with Crippen LogP contribution >= 0.6 is 11.8 Å². The van der Waals surface area contributed by atoms with Gasteiger partial charge in [-0.25, -0.2) is 0 Å². The van der Waals surface area contributed by atoms with Gasteiger partial charge in [-0.3, -0.25) is 4.79 Å². The van der Waals surface area contributed by atoms with Crippen LogP contribution in [0.1, 0.15) is 6.92 Å². The summed E-state index contributed by atoms with van der Waals surface area (Å²) in [6.07, 6.45) is 0. The molecular formula is C5H8OS. The fourth-order valence-electron chi connectivity index (χ4n) is 0.571. The summed E-state index contributed by atoms with van der Waals surface area (Å²) in [6.45, 7) is 1.99. The normalized spacial score (nSPS) is 31.6. The van der Waals surface area contributed by atoms with Crippen LogP contribution in [0.15, 0.2) is 0 Å². The second-order valence-corrected chi connectivity index (χ2v) is 2.91. The van der Waals surface area contributed by atoms with Gasteiger partial charge in [-0.2, -0.15) is 11.8 Å². The molecule has 0 amide bonds. The largest absolute Gasteiger partial charge is 0.298 e. The lowest BCUT2D eigenvalue weighted by Gasteiger charge is -1.89. The van der Waals surface area contributed by atoms with Crippen molar-refractivity contribution in [2.75, 3.05) is 11.5 Å². The molecule has 1 aliphatic rings. The van der Waals surface area contributed by atoms with Gasteiger partial charge >= 0.3 is 0 Å². The molecule has 0 aromatic rings. The molecule has 7 heavy (non-hydrogen) atoms. The summed E-state index contributed by atoms with van der Waals surface area (Å²) in [4.78, 5) is 10.6. The minimum Gasteiger partial charge on any atom is -0.298 e. The predicted octanol–water partition coefficient (Wildman–Crippen LogP) is 0.938. The second-order valence-electron chi connectivity index (χ2n) is 1.88. The predicted molar refractivity (Wildman–Crippen MR) is 31.5 cm³/mol. The van der Waals surface area contributed by atoms with E-state index in [0.717, 1.165) is 11.5 Å². The number of thioether (sulfide) groups is 1. The summed E-state index contributed by atoms with van der Waals surface area (Å²) in [5.74, 6) is 2.55. The van der Waals surface area contributed by atoms with E-state index in [1.54, 1.807) is 11.8 Å². The van der Waals surface area contributed by atoms with E-state index in [1.807, 2.05) is 6.92 Å². The van der Waals surface area contributed by atoms with Gasteiger partial charge in [0.25, 0.3) is 0 Å². The van der Waals surface area contributed by atoms with Gasteiger partial charge in [-0.15, -0.1) is 0 Å². The highest BCUT2D eigenvalue weighted by atomic mass is 32.2. The Kier molecular flexibility index (Phi) is 1.38. The SMILES string of the molecule is CC1CSCC1=O. The highest BCUT2D eigenvalue weighted by Crippen LogP contribution is 2.18. The van der Waals surface area contributed by atoms with Crippen LogP contribution in [0.3, 0.4) is 0 Å². The van der Waals surface area contributed by atoms with Gasteiger partial charge in [0.1, 0.15) is 5.78 Å². The first-order valence-corrected chi connectivity index (χ1v) is 3.56. The number of ketones is 1. The third-order valence-electron chi connectivity index (χ3n) is 1.16. The number of hydrogen-bond donors (Lipinski definition) is 0. The van der Waals surface area contributed by atoms with Gasteiger partial charge in [-0.05, 0) is 0 Å². The first-order chi connectivity index (χ1) is 3.30. The molecule has 0 aliphatic carbocycles. The molecule has 0 aromatic heterocycles. The Balaban J connectivity index is 2.48. The van der Waals surface area contributed by atoms with Crippen LogP contribution in [0.4, 0.5) is 0 Å². The Morgan fingerprint density at radius 3 is 2.71 bits per heavy atom. The lowest BCUT2D eigenvalue weighted by atomic mass is 10.1. The van der Waals surface area contributed by atoms with E-state index in [0.29, 0.717) is 11.7 Å². The quantitative estimate of drug-likeness (QED) is 0.468. The van der Waals surface area contributed by atoms with E-state index in [9.17, 15) is 4.79 Å². The monoisotopic (exact) mass is 116 g/mol. The number of hydrogen-bond acceptors (Lipinski definition) is 2. The lowest BCUT2D eigenvalue weighted by Crippen LogP contribution is -2.04. The van der Waals surface area contributed by atoms with Crippen LogP contribution in [0.2, 0.25) is 0 Å². The topological polar surface area (TPSA) is 17.1 Å². The van der Waals surface area contributed by atoms with Crippen molar-refractivity contribution in [3.8, 4) is 0 Å². The fourth-order valence-corrected chi connectivity index (χ4v) is 1.71. The second kappa shape index (κ2) is 1.86. The fraction of sp³-hybridized carbons (Fsp3) is 0.800. The van der Waals surface area contributed by atoms with E-state index in [-0.39, 0.29) is 0 Å². The van der Waals surface area contributed by atoms with E-state index in [1.165, 1.54) is 0 Å². The third kappa shape index (κ3) is 0.969. The minimum absolute atomic E-state index is 0.338. The summed E-state index contributed by atoms with van der Waals surface area (Å²) in [6, 6.07) is 0. The van der Waals surface area contributed by atoms with Gasteiger partial charge in [0.15, 0.2) is 0 Å². The molecule has 0 aromatic carbocycles. The van der Waals surface area contributed by atoms with Crippen molar-refractivity contribution in [1.29, 1.82) is 0 Å². The molecule has 0 spiro atoms. The summed E-state index contributed by atoms with van der Waals surface area (Å²) in [7, 11) is 0. The van der Waals surface area contributed by atoms with Crippen molar-refractivity contribution in [2.45, 2.75) is 6.92 Å². The van der Waals surface area contributed by atoms with Crippen LogP contribution in [0.5, 0.6) is 0 Å². The van der Waals surface area contributed by atoms with Crippen molar-refractivity contribution >= 4 is 17.5 Å². The van der Waals surface area contributed by atoms with Gasteiger partial charge in [0, 0.05) is 11.7 Å². The molecule has 0 N–H and O–H groups in total. The molecule has 1 saturated heterocycles. The smallest absolute Gasteiger partial charge is 0.146 e. The first kappa shape index (κ1) is 5.16. The maximum absolute atomic E-state index is 10.6. The van der Waals surface area contributed by atoms with E-state index < -0.39 is 0 Å². The summed E-state index contributed by atoms with van der Waals surface area (Å²) < 4.78 is 0. The Bertz CT molecular complexity index is 90.1. The van der Waals surface area contributed by atoms with Gasteiger partial charge in [-0.1, -0.05) is 6.92 Å². The molecule has 1 unspecified atom stereocenters. The zero-order chi connectivity index (χ0) is 5.28. The Labute approximate surface area is 47.5 Å². The number of carbonyl (C=O) groups excluding carboxylic acids is 1. The zero-order valence-corrected chi connectivity index (χ0v) is 5.12. The molecule has 1 heterocycles. The molecule has 1 fully saturated rings. The average molecular weight is 116 g/mol. The molecular weight excluding hydrogens is 108 g/mol. The minimum atomic E-state index is 0.338. The summed E-state index contributed by atoms with van der Waals surface area (Å²) in [5, 5.41) is 0. The van der Waals surface area contributed by atoms with Crippen LogP contribution in [-0.2, 0) is 4.79 Å². The maximum Gasteiger partial charge on any atom is 0.146 e. The summed E-state index contributed by atoms with van der Waals surface area (Å²) in [5.41, 5.74) is 0. The molecule has 1 rings (SSSR count). The Morgan fingerprint density at radius 1 is 1.86 bits per heavy atom. The van der Waals surface area contributed by atoms with Crippen molar-refractivity contribution in [2.24, 2.45) is 5.92 Å². The lowest BCUT2D eigenvalue weighted by molar-refractivity contribution is -0.118.